The lowest BCUT2D eigenvalue weighted by atomic mass is 10.1. The third-order valence-corrected chi connectivity index (χ3v) is 5.30. The lowest BCUT2D eigenvalue weighted by Crippen LogP contribution is -2.11. The fourth-order valence-electron chi connectivity index (χ4n) is 2.90. The van der Waals surface area contributed by atoms with E-state index in [0.717, 1.165) is 28.2 Å². The molecule has 1 aromatic carbocycles. The number of rotatable bonds is 5. The second kappa shape index (κ2) is 7.00. The number of hydrogen-bond donors (Lipinski definition) is 2. The van der Waals surface area contributed by atoms with E-state index in [1.165, 1.54) is 11.3 Å². The molecule has 3 aromatic heterocycles. The van der Waals surface area contributed by atoms with Crippen molar-refractivity contribution in [2.45, 2.75) is 27.2 Å². The van der Waals surface area contributed by atoms with Gasteiger partial charge in [-0.2, -0.15) is 0 Å². The number of hydrogen-bond acceptors (Lipinski definition) is 5. The predicted molar refractivity (Wildman–Crippen MR) is 107 cm³/mol. The van der Waals surface area contributed by atoms with Gasteiger partial charge in [0, 0.05) is 12.1 Å². The van der Waals surface area contributed by atoms with Crippen molar-refractivity contribution in [3.63, 3.8) is 0 Å². The van der Waals surface area contributed by atoms with Crippen molar-refractivity contribution in [1.82, 2.24) is 15.0 Å². The van der Waals surface area contributed by atoms with E-state index < -0.39 is 0 Å². The van der Waals surface area contributed by atoms with Crippen LogP contribution in [0.2, 0.25) is 0 Å². The number of carbonyl (C=O) groups is 1. The largest absolute Gasteiger partial charge is 0.461 e. The Morgan fingerprint density at radius 3 is 2.89 bits per heavy atom. The number of carbonyl (C=O) groups excluding carboxylic acids is 1. The number of nitrogens with zero attached hydrogens (tertiary/aromatic N) is 2. The summed E-state index contributed by atoms with van der Waals surface area (Å²) in [6, 6.07) is 9.26. The molecule has 0 spiro atoms. The zero-order valence-electron chi connectivity index (χ0n) is 15.4. The van der Waals surface area contributed by atoms with Gasteiger partial charge in [-0.05, 0) is 43.2 Å². The molecule has 4 rings (SSSR count). The number of benzene rings is 1. The Morgan fingerprint density at radius 1 is 1.30 bits per heavy atom. The molecule has 0 saturated heterocycles. The maximum Gasteiger partial charge on any atom is 0.267 e. The molecule has 0 fully saturated rings. The molecule has 0 aliphatic rings. The van der Waals surface area contributed by atoms with E-state index >= 15 is 0 Å². The van der Waals surface area contributed by atoms with E-state index in [0.29, 0.717) is 28.1 Å². The summed E-state index contributed by atoms with van der Waals surface area (Å²) < 4.78 is 5.38. The normalized spacial score (nSPS) is 11.4. The van der Waals surface area contributed by atoms with Crippen molar-refractivity contribution >= 4 is 34.0 Å². The van der Waals surface area contributed by atoms with Gasteiger partial charge in [0.05, 0.1) is 28.0 Å². The average Bonchev–Trinajstić information content (AvgIpc) is 3.32. The third-order valence-electron chi connectivity index (χ3n) is 4.12. The van der Waals surface area contributed by atoms with Crippen molar-refractivity contribution in [2.75, 3.05) is 5.32 Å². The first kappa shape index (κ1) is 17.5. The van der Waals surface area contributed by atoms with E-state index in [1.807, 2.05) is 37.3 Å². The molecule has 1 amide bonds. The van der Waals surface area contributed by atoms with Gasteiger partial charge in [-0.15, -0.1) is 11.3 Å². The Kier molecular flexibility index (Phi) is 4.53. The highest BCUT2D eigenvalue weighted by Crippen LogP contribution is 2.25. The van der Waals surface area contributed by atoms with Crippen LogP contribution in [0, 0.1) is 12.8 Å². The summed E-state index contributed by atoms with van der Waals surface area (Å²) in [7, 11) is 0. The summed E-state index contributed by atoms with van der Waals surface area (Å²) in [5.41, 5.74) is 3.13. The van der Waals surface area contributed by atoms with Crippen LogP contribution in [-0.2, 0) is 6.42 Å². The van der Waals surface area contributed by atoms with Gasteiger partial charge in [-0.3, -0.25) is 4.79 Å². The second-order valence-electron chi connectivity index (χ2n) is 6.87. The zero-order chi connectivity index (χ0) is 19.0. The molecule has 4 aromatic rings. The molecule has 3 heterocycles. The van der Waals surface area contributed by atoms with Crippen molar-refractivity contribution < 1.29 is 9.21 Å². The molecule has 27 heavy (non-hydrogen) atoms. The number of aromatic nitrogens is 3. The molecule has 7 heteroatoms. The van der Waals surface area contributed by atoms with Crippen LogP contribution in [0.5, 0.6) is 0 Å². The number of thiazole rings is 1. The monoisotopic (exact) mass is 380 g/mol. The van der Waals surface area contributed by atoms with E-state index in [-0.39, 0.29) is 5.91 Å². The molecule has 6 nitrogen and oxygen atoms in total. The van der Waals surface area contributed by atoms with Gasteiger partial charge in [-0.25, -0.2) is 9.97 Å². The summed E-state index contributed by atoms with van der Waals surface area (Å²) >= 11 is 1.47. The molecule has 138 valence electrons. The first-order chi connectivity index (χ1) is 13.0. The number of H-pyrrole nitrogens is 1. The van der Waals surface area contributed by atoms with Gasteiger partial charge in [0.1, 0.15) is 4.88 Å². The summed E-state index contributed by atoms with van der Waals surface area (Å²) in [4.78, 5) is 25.6. The van der Waals surface area contributed by atoms with Gasteiger partial charge >= 0.3 is 0 Å². The van der Waals surface area contributed by atoms with Crippen LogP contribution < -0.4 is 5.32 Å². The Balaban J connectivity index is 1.56. The fraction of sp³-hybridized carbons (Fsp3) is 0.250. The van der Waals surface area contributed by atoms with Crippen LogP contribution in [-0.4, -0.2) is 20.9 Å². The quantitative estimate of drug-likeness (QED) is 0.508. The minimum absolute atomic E-state index is 0.134. The third kappa shape index (κ3) is 3.64. The maximum atomic E-state index is 12.7. The van der Waals surface area contributed by atoms with E-state index in [1.54, 1.807) is 6.26 Å². The van der Waals surface area contributed by atoms with Gasteiger partial charge in [0.15, 0.2) is 11.6 Å². The van der Waals surface area contributed by atoms with E-state index in [2.05, 4.69) is 34.1 Å². The molecule has 0 aliphatic heterocycles. The smallest absolute Gasteiger partial charge is 0.267 e. The van der Waals surface area contributed by atoms with Gasteiger partial charge < -0.3 is 14.7 Å². The first-order valence-electron chi connectivity index (χ1n) is 8.81. The number of fused-ring (bicyclic) bond motifs is 1. The lowest BCUT2D eigenvalue weighted by molar-refractivity contribution is 0.103. The number of amides is 1. The minimum atomic E-state index is -0.134. The predicted octanol–water partition coefficient (Wildman–Crippen LogP) is 5.04. The highest BCUT2D eigenvalue weighted by Gasteiger charge is 2.16. The summed E-state index contributed by atoms with van der Waals surface area (Å²) in [6.07, 6.45) is 2.49. The molecule has 0 radical (unpaired) electrons. The zero-order valence-corrected chi connectivity index (χ0v) is 16.2. The topological polar surface area (TPSA) is 83.8 Å². The number of aromatic amines is 1. The summed E-state index contributed by atoms with van der Waals surface area (Å²) in [5, 5.41) is 3.96. The molecule has 0 atom stereocenters. The van der Waals surface area contributed by atoms with Crippen LogP contribution >= 0.6 is 11.3 Å². The Hall–Kier alpha value is -2.93. The van der Waals surface area contributed by atoms with Crippen LogP contribution in [0.3, 0.4) is 0 Å². The number of aryl methyl sites for hydroxylation is 1. The Bertz CT molecular complexity index is 1090. The van der Waals surface area contributed by atoms with Gasteiger partial charge in [0.25, 0.3) is 5.91 Å². The Morgan fingerprint density at radius 2 is 2.15 bits per heavy atom. The molecule has 2 N–H and O–H groups in total. The molecular formula is C20H20N4O2S. The molecule has 0 aliphatic carbocycles. The Labute approximate surface area is 160 Å². The van der Waals surface area contributed by atoms with Gasteiger partial charge in [-0.1, -0.05) is 13.8 Å². The van der Waals surface area contributed by atoms with Crippen LogP contribution in [0.4, 0.5) is 5.69 Å². The van der Waals surface area contributed by atoms with Crippen molar-refractivity contribution in [3.05, 3.63) is 52.2 Å². The van der Waals surface area contributed by atoms with E-state index in [9.17, 15) is 4.79 Å². The van der Waals surface area contributed by atoms with Crippen LogP contribution in [0.1, 0.15) is 34.2 Å². The fourth-order valence-corrected chi connectivity index (χ4v) is 4.08. The van der Waals surface area contributed by atoms with Crippen molar-refractivity contribution in [2.24, 2.45) is 5.92 Å². The van der Waals surface area contributed by atoms with Crippen molar-refractivity contribution in [1.29, 1.82) is 0 Å². The van der Waals surface area contributed by atoms with Gasteiger partial charge in [0.2, 0.25) is 0 Å². The molecule has 0 unspecified atom stereocenters. The first-order valence-corrected chi connectivity index (χ1v) is 9.62. The highest BCUT2D eigenvalue weighted by atomic mass is 32.1. The molecular weight excluding hydrogens is 360 g/mol. The van der Waals surface area contributed by atoms with Crippen LogP contribution in [0.25, 0.3) is 22.6 Å². The van der Waals surface area contributed by atoms with Crippen LogP contribution in [0.15, 0.2) is 41.0 Å². The number of nitrogens with one attached hydrogen (secondary N) is 2. The summed E-state index contributed by atoms with van der Waals surface area (Å²) in [5.74, 6) is 1.72. The lowest BCUT2D eigenvalue weighted by Gasteiger charge is -2.04. The number of furan rings is 1. The number of imidazole rings is 1. The standard InChI is InChI=1S/C20H20N4O2S/c1-11(2)9-17-21-12(3)18(27-17)20(25)22-13-6-7-14-15(10-13)24-19(23-14)16-5-4-8-26-16/h4-8,10-11H,9H2,1-3H3,(H,22,25)(H,23,24). The summed E-state index contributed by atoms with van der Waals surface area (Å²) in [6.45, 7) is 6.17. The SMILES string of the molecule is Cc1nc(CC(C)C)sc1C(=O)Nc1ccc2nc(-c3ccco3)[nH]c2c1. The van der Waals surface area contributed by atoms with Crippen molar-refractivity contribution in [3.8, 4) is 11.6 Å². The average molecular weight is 380 g/mol. The number of anilines is 1. The molecule has 0 bridgehead atoms. The highest BCUT2D eigenvalue weighted by molar-refractivity contribution is 7.13. The maximum absolute atomic E-state index is 12.7. The molecule has 0 saturated carbocycles. The minimum Gasteiger partial charge on any atom is -0.461 e. The second-order valence-corrected chi connectivity index (χ2v) is 7.95. The van der Waals surface area contributed by atoms with E-state index in [4.69, 9.17) is 4.42 Å².